The Balaban J connectivity index is 2.01. The van der Waals surface area contributed by atoms with Gasteiger partial charge in [0.05, 0.1) is 18.1 Å². The Morgan fingerprint density at radius 3 is 2.75 bits per heavy atom. The molecule has 0 fully saturated rings. The van der Waals surface area contributed by atoms with E-state index in [1.54, 1.807) is 42.3 Å². The number of halogens is 1. The molecule has 3 nitrogen and oxygen atoms in total. The minimum Gasteiger partial charge on any atom is -0.378 e. The monoisotopic (exact) mass is 312 g/mol. The van der Waals surface area contributed by atoms with Gasteiger partial charge in [-0.15, -0.1) is 23.1 Å². The van der Waals surface area contributed by atoms with Crippen molar-refractivity contribution in [1.82, 2.24) is 10.3 Å². The number of ether oxygens (including phenoxy) is 1. The second kappa shape index (κ2) is 7.73. The minimum atomic E-state index is -0.206. The molecule has 0 bridgehead atoms. The summed E-state index contributed by atoms with van der Waals surface area (Å²) in [5, 5.41) is 4.21. The van der Waals surface area contributed by atoms with Crippen LogP contribution in [0.25, 0.3) is 0 Å². The van der Waals surface area contributed by atoms with E-state index in [2.05, 4.69) is 10.3 Å². The highest BCUT2D eigenvalue weighted by Gasteiger charge is 2.10. The van der Waals surface area contributed by atoms with Crippen LogP contribution in [0.4, 0.5) is 4.39 Å². The number of methoxy groups -OCH3 is 1. The summed E-state index contributed by atoms with van der Waals surface area (Å²) in [6.45, 7) is 1.34. The van der Waals surface area contributed by atoms with E-state index in [1.165, 1.54) is 17.0 Å². The van der Waals surface area contributed by atoms with Crippen LogP contribution < -0.4 is 5.32 Å². The normalized spacial score (nSPS) is 10.9. The highest BCUT2D eigenvalue weighted by molar-refractivity contribution is 7.98. The first kappa shape index (κ1) is 15.4. The molecule has 0 radical (unpaired) electrons. The number of nitrogens with one attached hydrogen (secondary N) is 1. The fraction of sp³-hybridized carbons (Fsp3) is 0.357. The third-order valence-electron chi connectivity index (χ3n) is 2.62. The van der Waals surface area contributed by atoms with Crippen LogP contribution in [-0.4, -0.2) is 19.1 Å². The van der Waals surface area contributed by atoms with Gasteiger partial charge < -0.3 is 10.1 Å². The largest absolute Gasteiger partial charge is 0.378 e. The number of thiazole rings is 1. The molecule has 1 aromatic carbocycles. The zero-order valence-electron chi connectivity index (χ0n) is 11.5. The van der Waals surface area contributed by atoms with Gasteiger partial charge in [-0.1, -0.05) is 0 Å². The molecule has 0 aliphatic heterocycles. The summed E-state index contributed by atoms with van der Waals surface area (Å²) in [5.41, 5.74) is 1.00. The summed E-state index contributed by atoms with van der Waals surface area (Å²) < 4.78 is 18.0. The molecular weight excluding hydrogens is 295 g/mol. The van der Waals surface area contributed by atoms with Crippen molar-refractivity contribution in [1.29, 1.82) is 0 Å². The van der Waals surface area contributed by atoms with Crippen molar-refractivity contribution in [2.75, 3.05) is 14.2 Å². The summed E-state index contributed by atoms with van der Waals surface area (Å²) in [7, 11) is 3.60. The van der Waals surface area contributed by atoms with Gasteiger partial charge in [-0.2, -0.15) is 0 Å². The molecule has 1 heterocycles. The number of nitrogens with zero attached hydrogens (tertiary/aromatic N) is 1. The van der Waals surface area contributed by atoms with Crippen molar-refractivity contribution in [2.24, 2.45) is 0 Å². The van der Waals surface area contributed by atoms with E-state index in [-0.39, 0.29) is 5.82 Å². The van der Waals surface area contributed by atoms with E-state index >= 15 is 0 Å². The molecule has 1 aromatic heterocycles. The maximum Gasteiger partial charge on any atom is 0.123 e. The lowest BCUT2D eigenvalue weighted by Crippen LogP contribution is -2.06. The maximum atomic E-state index is 12.8. The highest BCUT2D eigenvalue weighted by Crippen LogP contribution is 2.27. The Labute approximate surface area is 126 Å². The summed E-state index contributed by atoms with van der Waals surface area (Å²) in [5.74, 6) is 0.582. The average Bonchev–Trinajstić information content (AvgIpc) is 2.82. The van der Waals surface area contributed by atoms with Crippen LogP contribution in [-0.2, 0) is 23.6 Å². The number of hydrogen-bond donors (Lipinski definition) is 1. The van der Waals surface area contributed by atoms with Gasteiger partial charge in [0, 0.05) is 23.4 Å². The summed E-state index contributed by atoms with van der Waals surface area (Å²) in [6.07, 6.45) is 0. The second-order valence-corrected chi connectivity index (χ2v) is 6.40. The average molecular weight is 312 g/mol. The van der Waals surface area contributed by atoms with Crippen molar-refractivity contribution in [3.63, 3.8) is 0 Å². The molecule has 0 amide bonds. The van der Waals surface area contributed by atoms with Gasteiger partial charge in [-0.3, -0.25) is 0 Å². The second-order valence-electron chi connectivity index (χ2n) is 4.18. The molecule has 0 spiro atoms. The molecule has 2 rings (SSSR count). The Bertz CT molecular complexity index is 519. The van der Waals surface area contributed by atoms with E-state index < -0.39 is 0 Å². The van der Waals surface area contributed by atoms with Crippen molar-refractivity contribution >= 4 is 23.1 Å². The smallest absolute Gasteiger partial charge is 0.123 e. The highest BCUT2D eigenvalue weighted by atomic mass is 32.2. The molecule has 0 saturated heterocycles. The number of rotatable bonds is 7. The Hall–Kier alpha value is -0.950. The SMILES string of the molecule is CNCc1sc(CSc2ccc(F)cc2)nc1COC. The van der Waals surface area contributed by atoms with E-state index in [0.29, 0.717) is 6.61 Å². The number of hydrogen-bond acceptors (Lipinski definition) is 5. The molecule has 6 heteroatoms. The maximum absolute atomic E-state index is 12.8. The van der Waals surface area contributed by atoms with Crippen LogP contribution in [0.2, 0.25) is 0 Å². The van der Waals surface area contributed by atoms with Gasteiger partial charge in [0.25, 0.3) is 0 Å². The summed E-state index contributed by atoms with van der Waals surface area (Å²) >= 11 is 3.36. The van der Waals surface area contributed by atoms with Gasteiger partial charge >= 0.3 is 0 Å². The van der Waals surface area contributed by atoms with Crippen LogP contribution in [0, 0.1) is 5.82 Å². The standard InChI is InChI=1S/C14H17FN2OS2/c1-16-7-13-12(8-18-2)17-14(20-13)9-19-11-5-3-10(15)4-6-11/h3-6,16H,7-9H2,1-2H3. The topological polar surface area (TPSA) is 34.2 Å². The first-order valence-electron chi connectivity index (χ1n) is 6.22. The van der Waals surface area contributed by atoms with E-state index in [0.717, 1.165) is 27.9 Å². The molecule has 20 heavy (non-hydrogen) atoms. The Morgan fingerprint density at radius 2 is 2.10 bits per heavy atom. The summed E-state index contributed by atoms with van der Waals surface area (Å²) in [4.78, 5) is 6.87. The summed E-state index contributed by atoms with van der Waals surface area (Å²) in [6, 6.07) is 6.54. The Kier molecular flexibility index (Phi) is 5.97. The van der Waals surface area contributed by atoms with Crippen LogP contribution in [0.15, 0.2) is 29.2 Å². The van der Waals surface area contributed by atoms with E-state index in [9.17, 15) is 4.39 Å². The Morgan fingerprint density at radius 1 is 1.35 bits per heavy atom. The molecule has 0 unspecified atom stereocenters. The van der Waals surface area contributed by atoms with Gasteiger partial charge in [0.15, 0.2) is 0 Å². The van der Waals surface area contributed by atoms with Crippen molar-refractivity contribution in [2.45, 2.75) is 23.8 Å². The third-order valence-corrected chi connectivity index (χ3v) is 4.92. The number of thioether (sulfide) groups is 1. The minimum absolute atomic E-state index is 0.206. The van der Waals surface area contributed by atoms with Crippen LogP contribution in [0.3, 0.4) is 0 Å². The first-order valence-corrected chi connectivity index (χ1v) is 8.02. The lowest BCUT2D eigenvalue weighted by atomic mass is 10.4. The quantitative estimate of drug-likeness (QED) is 0.794. The number of aromatic nitrogens is 1. The molecule has 1 N–H and O–H groups in total. The van der Waals surface area contributed by atoms with Crippen LogP contribution in [0.1, 0.15) is 15.6 Å². The predicted octanol–water partition coefficient (Wildman–Crippen LogP) is 3.44. The fourth-order valence-electron chi connectivity index (χ4n) is 1.72. The third kappa shape index (κ3) is 4.28. The van der Waals surface area contributed by atoms with Crippen molar-refractivity contribution < 1.29 is 9.13 Å². The molecular formula is C14H17FN2OS2. The van der Waals surface area contributed by atoms with Crippen molar-refractivity contribution in [3.8, 4) is 0 Å². The molecule has 108 valence electrons. The van der Waals surface area contributed by atoms with Crippen molar-refractivity contribution in [3.05, 3.63) is 45.7 Å². The molecule has 0 aliphatic carbocycles. The van der Waals surface area contributed by atoms with Crippen LogP contribution in [0.5, 0.6) is 0 Å². The van der Waals surface area contributed by atoms with Crippen LogP contribution >= 0.6 is 23.1 Å². The first-order chi connectivity index (χ1) is 9.72. The lowest BCUT2D eigenvalue weighted by molar-refractivity contribution is 0.181. The van der Waals surface area contributed by atoms with E-state index in [4.69, 9.17) is 4.74 Å². The molecule has 0 atom stereocenters. The van der Waals surface area contributed by atoms with Gasteiger partial charge in [-0.05, 0) is 31.3 Å². The van der Waals surface area contributed by atoms with Gasteiger partial charge in [0.1, 0.15) is 10.8 Å². The molecule has 2 aromatic rings. The lowest BCUT2D eigenvalue weighted by Gasteiger charge is -1.98. The zero-order valence-corrected chi connectivity index (χ0v) is 13.1. The fourth-order valence-corrected chi connectivity index (χ4v) is 3.70. The molecule has 0 saturated carbocycles. The zero-order chi connectivity index (χ0) is 14.4. The molecule has 0 aliphatic rings. The van der Waals surface area contributed by atoms with Gasteiger partial charge in [0.2, 0.25) is 0 Å². The van der Waals surface area contributed by atoms with E-state index in [1.807, 2.05) is 7.05 Å². The predicted molar refractivity (Wildman–Crippen MR) is 81.6 cm³/mol. The number of benzene rings is 1. The van der Waals surface area contributed by atoms with Gasteiger partial charge in [-0.25, -0.2) is 9.37 Å².